The molecule has 2 unspecified atom stereocenters. The molecule has 188 valence electrons. The van der Waals surface area contributed by atoms with Crippen molar-refractivity contribution >= 4 is 29.4 Å². The van der Waals surface area contributed by atoms with E-state index >= 15 is 0 Å². The summed E-state index contributed by atoms with van der Waals surface area (Å²) in [6.45, 7) is 1.97. The zero-order valence-corrected chi connectivity index (χ0v) is 20.1. The van der Waals surface area contributed by atoms with E-state index in [-0.39, 0.29) is 11.7 Å². The molecule has 0 heterocycles. The van der Waals surface area contributed by atoms with E-state index in [1.54, 1.807) is 45.0 Å². The normalized spacial score (nSPS) is 14.0. The molecule has 7 nitrogen and oxygen atoms in total. The highest BCUT2D eigenvalue weighted by Gasteiger charge is 2.26. The van der Waals surface area contributed by atoms with Crippen molar-refractivity contribution in [2.75, 3.05) is 10.3 Å². The maximum atomic E-state index is 12.9. The van der Waals surface area contributed by atoms with Gasteiger partial charge in [-0.25, -0.2) is 5.01 Å². The number of carbonyl (C=O) groups excluding carboxylic acids is 2. The van der Waals surface area contributed by atoms with E-state index in [2.05, 4.69) is 15.2 Å². The number of alkyl halides is 2. The topological polar surface area (TPSA) is 91.2 Å². The van der Waals surface area contributed by atoms with Gasteiger partial charge in [-0.3, -0.25) is 9.59 Å². The predicted molar refractivity (Wildman–Crippen MR) is 134 cm³/mol. The number of carbonyl (C=O) groups is 2. The van der Waals surface area contributed by atoms with Crippen molar-refractivity contribution in [3.05, 3.63) is 90.0 Å². The van der Waals surface area contributed by atoms with Gasteiger partial charge >= 0.3 is 6.61 Å². The van der Waals surface area contributed by atoms with E-state index < -0.39 is 18.1 Å². The van der Waals surface area contributed by atoms with E-state index in [9.17, 15) is 23.5 Å². The standard InChI is InChI=1S/C27H27F2N3O4/c1-18(19(2)31-32(17-33)23-12-14-24(15-13-23)36-26(28)29)25(34)30-22-11-7-10-21(16-22)27(3,35)20-8-5-4-6-9-20/h4-18,26,35H,1-3H3,(H,30,34)/b31-19-. The molecule has 0 bridgehead atoms. The summed E-state index contributed by atoms with van der Waals surface area (Å²) in [6.07, 6.45) is 0.451. The molecule has 3 aromatic rings. The van der Waals surface area contributed by atoms with Crippen LogP contribution in [0.3, 0.4) is 0 Å². The van der Waals surface area contributed by atoms with Crippen LogP contribution >= 0.6 is 0 Å². The molecule has 2 atom stereocenters. The Morgan fingerprint density at radius 2 is 1.69 bits per heavy atom. The van der Waals surface area contributed by atoms with E-state index in [0.717, 1.165) is 5.01 Å². The summed E-state index contributed by atoms with van der Waals surface area (Å²) in [6, 6.07) is 21.5. The third kappa shape index (κ3) is 6.51. The van der Waals surface area contributed by atoms with Crippen LogP contribution in [0.25, 0.3) is 0 Å². The Morgan fingerprint density at radius 3 is 2.31 bits per heavy atom. The lowest BCUT2D eigenvalue weighted by molar-refractivity contribution is -0.117. The summed E-state index contributed by atoms with van der Waals surface area (Å²) in [5, 5.41) is 19.1. The molecule has 0 aliphatic carbocycles. The van der Waals surface area contributed by atoms with Gasteiger partial charge < -0.3 is 15.2 Å². The monoisotopic (exact) mass is 495 g/mol. The Morgan fingerprint density at radius 1 is 1.06 bits per heavy atom. The second-order valence-electron chi connectivity index (χ2n) is 8.29. The minimum atomic E-state index is -2.96. The molecule has 0 spiro atoms. The van der Waals surface area contributed by atoms with Crippen LogP contribution < -0.4 is 15.1 Å². The van der Waals surface area contributed by atoms with Gasteiger partial charge in [-0.1, -0.05) is 42.5 Å². The molecule has 0 saturated carbocycles. The Hall–Kier alpha value is -4.11. The van der Waals surface area contributed by atoms with Gasteiger partial charge in [0, 0.05) is 11.4 Å². The molecule has 3 rings (SSSR count). The summed E-state index contributed by atoms with van der Waals surface area (Å²) >= 11 is 0. The molecule has 36 heavy (non-hydrogen) atoms. The number of hydrazone groups is 1. The van der Waals surface area contributed by atoms with Crippen molar-refractivity contribution in [2.45, 2.75) is 33.0 Å². The Labute approximate surface area is 208 Å². The zero-order valence-electron chi connectivity index (χ0n) is 20.1. The molecular weight excluding hydrogens is 468 g/mol. The van der Waals surface area contributed by atoms with Gasteiger partial charge in [-0.05, 0) is 68.3 Å². The first-order valence-electron chi connectivity index (χ1n) is 11.2. The lowest BCUT2D eigenvalue weighted by Gasteiger charge is -2.25. The van der Waals surface area contributed by atoms with Crippen molar-refractivity contribution in [2.24, 2.45) is 11.0 Å². The number of ether oxygens (including phenoxy) is 1. The van der Waals surface area contributed by atoms with Crippen LogP contribution in [-0.4, -0.2) is 29.7 Å². The molecule has 0 aromatic heterocycles. The molecule has 9 heteroatoms. The van der Waals surface area contributed by atoms with Crippen LogP contribution in [0.5, 0.6) is 5.75 Å². The van der Waals surface area contributed by atoms with Crippen LogP contribution in [-0.2, 0) is 15.2 Å². The highest BCUT2D eigenvalue weighted by atomic mass is 19.3. The van der Waals surface area contributed by atoms with Crippen molar-refractivity contribution in [3.8, 4) is 5.75 Å². The van der Waals surface area contributed by atoms with E-state index in [1.165, 1.54) is 24.3 Å². The zero-order chi connectivity index (χ0) is 26.3. The van der Waals surface area contributed by atoms with Crippen LogP contribution in [0.15, 0.2) is 84.0 Å². The molecule has 2 amide bonds. The summed E-state index contributed by atoms with van der Waals surface area (Å²) < 4.78 is 29.0. The third-order valence-corrected chi connectivity index (χ3v) is 5.74. The molecule has 0 saturated heterocycles. The SMILES string of the molecule is C/C(=N/N(C=O)c1ccc(OC(F)F)cc1)C(C)C(=O)Nc1cccc(C(C)(O)c2ccccc2)c1. The number of amides is 2. The number of benzene rings is 3. The van der Waals surface area contributed by atoms with E-state index in [0.29, 0.717) is 34.6 Å². The smallest absolute Gasteiger partial charge is 0.387 e. The van der Waals surface area contributed by atoms with Gasteiger partial charge in [0.25, 0.3) is 0 Å². The van der Waals surface area contributed by atoms with Crippen molar-refractivity contribution in [1.82, 2.24) is 0 Å². The van der Waals surface area contributed by atoms with Gasteiger partial charge in [-0.15, -0.1) is 0 Å². The second-order valence-corrected chi connectivity index (χ2v) is 8.29. The highest BCUT2D eigenvalue weighted by Crippen LogP contribution is 2.30. The molecule has 0 fully saturated rings. The second kappa shape index (κ2) is 11.5. The van der Waals surface area contributed by atoms with E-state index in [4.69, 9.17) is 0 Å². The van der Waals surface area contributed by atoms with Crippen molar-refractivity contribution in [3.63, 3.8) is 0 Å². The third-order valence-electron chi connectivity index (χ3n) is 5.74. The molecule has 3 aromatic carbocycles. The first-order chi connectivity index (χ1) is 17.1. The average molecular weight is 496 g/mol. The first kappa shape index (κ1) is 26.5. The Bertz CT molecular complexity index is 1220. The molecule has 2 N–H and O–H groups in total. The molecule has 0 aliphatic heterocycles. The first-order valence-corrected chi connectivity index (χ1v) is 11.2. The number of aliphatic hydroxyl groups is 1. The maximum Gasteiger partial charge on any atom is 0.387 e. The Kier molecular flexibility index (Phi) is 8.50. The molecule has 0 radical (unpaired) electrons. The van der Waals surface area contributed by atoms with Gasteiger partial charge in [-0.2, -0.15) is 13.9 Å². The minimum Gasteiger partial charge on any atom is -0.435 e. The van der Waals surface area contributed by atoms with E-state index in [1.807, 2.05) is 30.3 Å². The lowest BCUT2D eigenvalue weighted by atomic mass is 9.88. The van der Waals surface area contributed by atoms with Gasteiger partial charge in [0.2, 0.25) is 12.3 Å². The van der Waals surface area contributed by atoms with Gasteiger partial charge in [0.15, 0.2) is 0 Å². The highest BCUT2D eigenvalue weighted by molar-refractivity contribution is 6.08. The predicted octanol–water partition coefficient (Wildman–Crippen LogP) is 5.16. The largest absolute Gasteiger partial charge is 0.435 e. The maximum absolute atomic E-state index is 12.9. The quantitative estimate of drug-likeness (QED) is 0.231. The van der Waals surface area contributed by atoms with Crippen LogP contribution in [0.2, 0.25) is 0 Å². The van der Waals surface area contributed by atoms with Crippen LogP contribution in [0.4, 0.5) is 20.2 Å². The number of rotatable bonds is 10. The molecule has 0 aliphatic rings. The van der Waals surface area contributed by atoms with Crippen molar-refractivity contribution < 1.29 is 28.2 Å². The summed E-state index contributed by atoms with van der Waals surface area (Å²) in [4.78, 5) is 24.5. The van der Waals surface area contributed by atoms with Gasteiger partial charge in [0.1, 0.15) is 11.4 Å². The fourth-order valence-electron chi connectivity index (χ4n) is 3.45. The Balaban J connectivity index is 1.72. The summed E-state index contributed by atoms with van der Waals surface area (Å²) in [7, 11) is 0. The van der Waals surface area contributed by atoms with Crippen LogP contribution in [0, 0.1) is 5.92 Å². The number of nitrogens with one attached hydrogen (secondary N) is 1. The lowest BCUT2D eigenvalue weighted by Crippen LogP contribution is -2.28. The number of halogens is 2. The minimum absolute atomic E-state index is 0.0541. The fraction of sp³-hybridized carbons (Fsp3) is 0.222. The summed E-state index contributed by atoms with van der Waals surface area (Å²) in [5.41, 5.74) is 1.22. The van der Waals surface area contributed by atoms with Crippen molar-refractivity contribution in [1.29, 1.82) is 0 Å². The number of hydrogen-bond donors (Lipinski definition) is 2. The number of hydrogen-bond acceptors (Lipinski definition) is 5. The number of anilines is 2. The number of nitrogens with zero attached hydrogens (tertiary/aromatic N) is 2. The van der Waals surface area contributed by atoms with Crippen LogP contribution in [0.1, 0.15) is 31.9 Å². The fourth-order valence-corrected chi connectivity index (χ4v) is 3.45. The summed E-state index contributed by atoms with van der Waals surface area (Å²) in [5.74, 6) is -1.12. The molecular formula is C27H27F2N3O4. The average Bonchev–Trinajstić information content (AvgIpc) is 2.87. The van der Waals surface area contributed by atoms with Gasteiger partial charge in [0.05, 0.1) is 11.6 Å².